The third-order valence-corrected chi connectivity index (χ3v) is 10.5. The molecule has 0 saturated heterocycles. The summed E-state index contributed by atoms with van der Waals surface area (Å²) in [4.78, 5) is 0. The Bertz CT molecular complexity index is 2650. The second kappa shape index (κ2) is 8.80. The van der Waals surface area contributed by atoms with E-state index in [1.165, 1.54) is 98.4 Å². The van der Waals surface area contributed by atoms with Crippen molar-refractivity contribution in [1.29, 1.82) is 0 Å². The van der Waals surface area contributed by atoms with Crippen LogP contribution in [-0.4, -0.2) is 0 Å². The van der Waals surface area contributed by atoms with Gasteiger partial charge in [0.25, 0.3) is 0 Å². The van der Waals surface area contributed by atoms with E-state index in [4.69, 9.17) is 0 Å². The Balaban J connectivity index is 1.38. The van der Waals surface area contributed by atoms with Crippen LogP contribution >= 0.6 is 0 Å². The normalized spacial score (nSPS) is 13.7. The third kappa shape index (κ3) is 3.37. The Hall–Kier alpha value is -5.46. The topological polar surface area (TPSA) is 0 Å². The molecule has 1 aliphatic rings. The van der Waals surface area contributed by atoms with Crippen molar-refractivity contribution in [3.8, 4) is 33.4 Å². The predicted octanol–water partition coefficient (Wildman–Crippen LogP) is 12.5. The minimum atomic E-state index is -0.167. The molecule has 0 fully saturated rings. The first-order chi connectivity index (χ1) is 22.1. The molecule has 9 aromatic carbocycles. The Labute approximate surface area is 262 Å². The average Bonchev–Trinajstić information content (AvgIpc) is 3.09. The molecule has 45 heavy (non-hydrogen) atoms. The highest BCUT2D eigenvalue weighted by atomic mass is 14.4. The quantitative estimate of drug-likeness (QED) is 0.181. The SMILES string of the molecule is CC1(C)c2cc3ccccc3cc2-c2cc3ccc(-c4ccc5ccccc5c4)c4ccc5c(-c6ccccc6)cc1c2c5c34. The van der Waals surface area contributed by atoms with E-state index >= 15 is 0 Å². The van der Waals surface area contributed by atoms with Crippen molar-refractivity contribution >= 4 is 53.9 Å². The minimum Gasteiger partial charge on any atom is -0.0622 e. The maximum Gasteiger partial charge on any atom is 0.0159 e. The lowest BCUT2D eigenvalue weighted by Crippen LogP contribution is -2.24. The fourth-order valence-electron chi connectivity index (χ4n) is 8.31. The summed E-state index contributed by atoms with van der Waals surface area (Å²) in [5.41, 5.74) is 10.5. The Morgan fingerprint density at radius 3 is 1.73 bits per heavy atom. The van der Waals surface area contributed by atoms with E-state index in [-0.39, 0.29) is 5.41 Å². The van der Waals surface area contributed by atoms with Crippen LogP contribution in [0.25, 0.3) is 87.2 Å². The van der Waals surface area contributed by atoms with Crippen molar-refractivity contribution < 1.29 is 0 Å². The van der Waals surface area contributed by atoms with Crippen LogP contribution < -0.4 is 0 Å². The lowest BCUT2D eigenvalue weighted by atomic mass is 9.66. The standard InChI is InChI=1S/C45H30/c1-45(2)40-25-31-15-9-8-14-30(31)23-38(40)39-24-33-18-19-34(32-17-16-27-10-6-7-13-29(27)22-32)35-20-21-36-37(28-11-4-3-5-12-28)26-41(45)43(39)44(36)42(33)35/h3-26H,1-2H3. The number of fused-ring (bicyclic) bond motifs is 4. The van der Waals surface area contributed by atoms with Crippen molar-refractivity contribution in [2.75, 3.05) is 0 Å². The molecular formula is C45H30. The Kier molecular flexibility index (Phi) is 4.88. The molecule has 0 bridgehead atoms. The first kappa shape index (κ1) is 24.9. The van der Waals surface area contributed by atoms with Crippen LogP contribution in [-0.2, 0) is 5.41 Å². The molecule has 0 heteroatoms. The molecule has 0 saturated carbocycles. The molecule has 0 atom stereocenters. The highest BCUT2D eigenvalue weighted by Gasteiger charge is 2.36. The Morgan fingerprint density at radius 1 is 0.333 bits per heavy atom. The van der Waals surface area contributed by atoms with E-state index in [0.29, 0.717) is 0 Å². The van der Waals surface area contributed by atoms with Crippen LogP contribution in [0.1, 0.15) is 25.0 Å². The molecule has 210 valence electrons. The molecule has 1 aliphatic carbocycles. The summed E-state index contributed by atoms with van der Waals surface area (Å²) in [7, 11) is 0. The van der Waals surface area contributed by atoms with Gasteiger partial charge in [0.2, 0.25) is 0 Å². The third-order valence-electron chi connectivity index (χ3n) is 10.5. The summed E-state index contributed by atoms with van der Waals surface area (Å²) in [6.07, 6.45) is 0. The molecule has 0 spiro atoms. The largest absolute Gasteiger partial charge is 0.0622 e. The molecular weight excluding hydrogens is 540 g/mol. The van der Waals surface area contributed by atoms with Crippen molar-refractivity contribution in [1.82, 2.24) is 0 Å². The molecule has 0 heterocycles. The number of hydrogen-bond donors (Lipinski definition) is 0. The van der Waals surface area contributed by atoms with Gasteiger partial charge in [-0.15, -0.1) is 0 Å². The van der Waals surface area contributed by atoms with Gasteiger partial charge in [-0.25, -0.2) is 0 Å². The van der Waals surface area contributed by atoms with Crippen LogP contribution in [0.3, 0.4) is 0 Å². The number of rotatable bonds is 2. The van der Waals surface area contributed by atoms with E-state index in [1.54, 1.807) is 0 Å². The van der Waals surface area contributed by atoms with Gasteiger partial charge in [0.05, 0.1) is 0 Å². The zero-order valence-electron chi connectivity index (χ0n) is 25.4. The highest BCUT2D eigenvalue weighted by molar-refractivity contribution is 6.32. The zero-order chi connectivity index (χ0) is 29.9. The monoisotopic (exact) mass is 570 g/mol. The molecule has 9 aromatic rings. The van der Waals surface area contributed by atoms with Crippen molar-refractivity contribution in [3.05, 3.63) is 157 Å². The van der Waals surface area contributed by atoms with E-state index in [9.17, 15) is 0 Å². The number of hydrogen-bond acceptors (Lipinski definition) is 0. The van der Waals surface area contributed by atoms with Crippen LogP contribution in [0, 0.1) is 0 Å². The van der Waals surface area contributed by atoms with E-state index < -0.39 is 0 Å². The molecule has 0 aromatic heterocycles. The zero-order valence-corrected chi connectivity index (χ0v) is 25.4. The average molecular weight is 571 g/mol. The summed E-state index contributed by atoms with van der Waals surface area (Å²) in [6.45, 7) is 4.84. The smallest absolute Gasteiger partial charge is 0.0159 e. The summed E-state index contributed by atoms with van der Waals surface area (Å²) in [5.74, 6) is 0. The fourth-order valence-corrected chi connectivity index (χ4v) is 8.31. The molecule has 10 rings (SSSR count). The summed E-state index contributed by atoms with van der Waals surface area (Å²) in [6, 6.07) is 54.6. The maximum atomic E-state index is 2.50. The first-order valence-electron chi connectivity index (χ1n) is 15.9. The van der Waals surface area contributed by atoms with Crippen LogP contribution in [0.4, 0.5) is 0 Å². The van der Waals surface area contributed by atoms with Crippen LogP contribution in [0.2, 0.25) is 0 Å². The fraction of sp³-hybridized carbons (Fsp3) is 0.0667. The molecule has 0 aliphatic heterocycles. The van der Waals surface area contributed by atoms with Crippen LogP contribution in [0.15, 0.2) is 146 Å². The first-order valence-corrected chi connectivity index (χ1v) is 15.9. The van der Waals surface area contributed by atoms with Gasteiger partial charge in [-0.3, -0.25) is 0 Å². The highest BCUT2D eigenvalue weighted by Crippen LogP contribution is 2.55. The van der Waals surface area contributed by atoms with Crippen molar-refractivity contribution in [2.45, 2.75) is 19.3 Å². The minimum absolute atomic E-state index is 0.167. The van der Waals surface area contributed by atoms with Gasteiger partial charge in [0, 0.05) is 5.41 Å². The van der Waals surface area contributed by atoms with Gasteiger partial charge in [0.15, 0.2) is 0 Å². The lowest BCUT2D eigenvalue weighted by Gasteiger charge is -2.37. The molecule has 0 unspecified atom stereocenters. The Morgan fingerprint density at radius 2 is 0.956 bits per heavy atom. The summed E-state index contributed by atoms with van der Waals surface area (Å²) < 4.78 is 0. The molecule has 0 radical (unpaired) electrons. The lowest BCUT2D eigenvalue weighted by molar-refractivity contribution is 0.646. The van der Waals surface area contributed by atoms with E-state index in [1.807, 2.05) is 0 Å². The van der Waals surface area contributed by atoms with Gasteiger partial charge in [-0.05, 0) is 129 Å². The summed E-state index contributed by atoms with van der Waals surface area (Å²) in [5, 5.41) is 13.3. The maximum absolute atomic E-state index is 2.50. The van der Waals surface area contributed by atoms with Gasteiger partial charge < -0.3 is 0 Å². The van der Waals surface area contributed by atoms with Gasteiger partial charge in [0.1, 0.15) is 0 Å². The van der Waals surface area contributed by atoms with Gasteiger partial charge in [-0.2, -0.15) is 0 Å². The number of benzene rings is 9. The second-order valence-electron chi connectivity index (χ2n) is 13.3. The predicted molar refractivity (Wildman–Crippen MR) is 194 cm³/mol. The van der Waals surface area contributed by atoms with Gasteiger partial charge >= 0.3 is 0 Å². The van der Waals surface area contributed by atoms with Crippen LogP contribution in [0.5, 0.6) is 0 Å². The molecule has 0 nitrogen and oxygen atoms in total. The van der Waals surface area contributed by atoms with E-state index in [2.05, 4.69) is 159 Å². The van der Waals surface area contributed by atoms with Crippen molar-refractivity contribution in [3.63, 3.8) is 0 Å². The molecule has 0 N–H and O–H groups in total. The second-order valence-corrected chi connectivity index (χ2v) is 13.3. The van der Waals surface area contributed by atoms with Crippen molar-refractivity contribution in [2.24, 2.45) is 0 Å². The van der Waals surface area contributed by atoms with E-state index in [0.717, 1.165) is 0 Å². The molecule has 0 amide bonds. The van der Waals surface area contributed by atoms with Gasteiger partial charge in [-0.1, -0.05) is 129 Å². The summed E-state index contributed by atoms with van der Waals surface area (Å²) >= 11 is 0.